The second-order valence-electron chi connectivity index (χ2n) is 6.74. The summed E-state index contributed by atoms with van der Waals surface area (Å²) in [7, 11) is -3.63. The Balaban J connectivity index is 1.66. The first-order chi connectivity index (χ1) is 13.4. The molecule has 142 valence electrons. The molecule has 1 atom stereocenters. The lowest BCUT2D eigenvalue weighted by atomic mass is 10.1. The van der Waals surface area contributed by atoms with E-state index in [0.29, 0.717) is 22.7 Å². The van der Waals surface area contributed by atoms with Gasteiger partial charge in [-0.2, -0.15) is 0 Å². The van der Waals surface area contributed by atoms with Gasteiger partial charge < -0.3 is 4.74 Å². The summed E-state index contributed by atoms with van der Waals surface area (Å²) in [6.45, 7) is 1.94. The molecule has 5 nitrogen and oxygen atoms in total. The molecule has 1 heterocycles. The maximum atomic E-state index is 12.7. The summed E-state index contributed by atoms with van der Waals surface area (Å²) in [5.41, 5.74) is 2.15. The third-order valence-corrected chi connectivity index (χ3v) is 6.44. The van der Waals surface area contributed by atoms with Gasteiger partial charge in [0.1, 0.15) is 17.3 Å². The van der Waals surface area contributed by atoms with E-state index in [1.54, 1.807) is 36.4 Å². The van der Waals surface area contributed by atoms with Gasteiger partial charge in [0.2, 0.25) is 5.91 Å². The molecule has 28 heavy (non-hydrogen) atoms. The monoisotopic (exact) mass is 393 g/mol. The van der Waals surface area contributed by atoms with Crippen LogP contribution >= 0.6 is 0 Å². The highest BCUT2D eigenvalue weighted by Crippen LogP contribution is 2.38. The quantitative estimate of drug-likeness (QED) is 0.665. The first-order valence-electron chi connectivity index (χ1n) is 8.87. The van der Waals surface area contributed by atoms with Crippen LogP contribution in [-0.2, 0) is 14.6 Å². The fourth-order valence-corrected chi connectivity index (χ4v) is 5.05. The maximum Gasteiger partial charge on any atom is 0.243 e. The molecule has 0 saturated carbocycles. The van der Waals surface area contributed by atoms with Crippen molar-refractivity contribution in [1.82, 2.24) is 0 Å². The van der Waals surface area contributed by atoms with Gasteiger partial charge in [-0.3, -0.25) is 9.69 Å². The molecular weight excluding hydrogens is 374 g/mol. The van der Waals surface area contributed by atoms with Crippen LogP contribution in [0.15, 0.2) is 78.9 Å². The van der Waals surface area contributed by atoms with Gasteiger partial charge in [0.25, 0.3) is 0 Å². The molecule has 0 radical (unpaired) electrons. The van der Waals surface area contributed by atoms with E-state index in [1.807, 2.05) is 49.4 Å². The van der Waals surface area contributed by atoms with Gasteiger partial charge in [-0.25, -0.2) is 8.42 Å². The van der Waals surface area contributed by atoms with Crippen molar-refractivity contribution in [3.63, 3.8) is 0 Å². The van der Waals surface area contributed by atoms with Gasteiger partial charge in [-0.05, 0) is 48.9 Å². The smallest absolute Gasteiger partial charge is 0.243 e. The predicted molar refractivity (Wildman–Crippen MR) is 108 cm³/mol. The van der Waals surface area contributed by atoms with Crippen molar-refractivity contribution in [1.29, 1.82) is 0 Å². The molecule has 1 saturated heterocycles. The number of carbonyl (C=O) groups excluding carboxylic acids is 1. The highest BCUT2D eigenvalue weighted by atomic mass is 32.2. The molecule has 1 aliphatic heterocycles. The van der Waals surface area contributed by atoms with Crippen LogP contribution in [0.2, 0.25) is 0 Å². The number of nitrogens with zero attached hydrogens (tertiary/aromatic N) is 1. The Kier molecular flexibility index (Phi) is 4.65. The fourth-order valence-electron chi connectivity index (χ4n) is 3.28. The molecule has 1 fully saturated rings. The van der Waals surface area contributed by atoms with Gasteiger partial charge in [0.15, 0.2) is 15.2 Å². The van der Waals surface area contributed by atoms with Crippen molar-refractivity contribution in [3.8, 4) is 11.5 Å². The maximum absolute atomic E-state index is 12.7. The Morgan fingerprint density at radius 3 is 2.11 bits per heavy atom. The van der Waals surface area contributed by atoms with E-state index in [1.165, 1.54) is 4.90 Å². The van der Waals surface area contributed by atoms with Gasteiger partial charge in [-0.15, -0.1) is 0 Å². The lowest BCUT2D eigenvalue weighted by Gasteiger charge is -2.24. The number of sulfone groups is 1. The predicted octanol–water partition coefficient (Wildman–Crippen LogP) is 4.25. The lowest BCUT2D eigenvalue weighted by Crippen LogP contribution is -2.29. The van der Waals surface area contributed by atoms with E-state index in [0.717, 1.165) is 5.56 Å². The lowest BCUT2D eigenvalue weighted by molar-refractivity contribution is -0.115. The Morgan fingerprint density at radius 1 is 0.857 bits per heavy atom. The molecule has 0 N–H and O–H groups in total. The Labute approximate surface area is 164 Å². The second-order valence-corrected chi connectivity index (χ2v) is 8.80. The number of rotatable bonds is 4. The van der Waals surface area contributed by atoms with Crippen molar-refractivity contribution >= 4 is 21.4 Å². The van der Waals surface area contributed by atoms with Gasteiger partial charge >= 0.3 is 0 Å². The third kappa shape index (κ3) is 3.51. The molecule has 1 amide bonds. The summed E-state index contributed by atoms with van der Waals surface area (Å²) < 4.78 is 31.2. The zero-order chi connectivity index (χ0) is 19.7. The van der Waals surface area contributed by atoms with Crippen LogP contribution in [-0.4, -0.2) is 20.1 Å². The number of ether oxygens (including phenoxy) is 1. The highest BCUT2D eigenvalue weighted by Gasteiger charge is 2.45. The molecule has 3 aromatic carbocycles. The van der Waals surface area contributed by atoms with Crippen LogP contribution in [0.25, 0.3) is 0 Å². The number of amides is 1. The normalized spacial score (nSPS) is 18.2. The van der Waals surface area contributed by atoms with E-state index < -0.39 is 26.9 Å². The summed E-state index contributed by atoms with van der Waals surface area (Å²) in [6, 6.07) is 23.4. The van der Waals surface area contributed by atoms with Gasteiger partial charge in [0.05, 0.1) is 0 Å². The van der Waals surface area contributed by atoms with Crippen LogP contribution in [0, 0.1) is 6.92 Å². The van der Waals surface area contributed by atoms with Crippen LogP contribution in [0.4, 0.5) is 5.69 Å². The van der Waals surface area contributed by atoms with Gasteiger partial charge in [-0.1, -0.05) is 48.0 Å². The molecule has 1 aliphatic rings. The summed E-state index contributed by atoms with van der Waals surface area (Å²) in [5, 5.41) is -1.03. The third-order valence-electron chi connectivity index (χ3n) is 4.62. The average molecular weight is 393 g/mol. The minimum atomic E-state index is -3.63. The minimum absolute atomic E-state index is 0.418. The number of hydrogen-bond donors (Lipinski definition) is 0. The van der Waals surface area contributed by atoms with E-state index in [4.69, 9.17) is 4.74 Å². The molecule has 0 bridgehead atoms. The molecule has 0 spiro atoms. The van der Waals surface area contributed by atoms with Crippen molar-refractivity contribution in [2.75, 3.05) is 10.7 Å². The van der Waals surface area contributed by atoms with Crippen molar-refractivity contribution in [3.05, 3.63) is 90.0 Å². The van der Waals surface area contributed by atoms with Gasteiger partial charge in [0, 0.05) is 5.69 Å². The summed E-state index contributed by atoms with van der Waals surface area (Å²) in [4.78, 5) is 13.9. The molecular formula is C22H19NO4S. The van der Waals surface area contributed by atoms with Crippen molar-refractivity contribution in [2.45, 2.75) is 12.3 Å². The fraction of sp³-hybridized carbons (Fsp3) is 0.136. The second kappa shape index (κ2) is 7.13. The standard InChI is InChI=1S/C22H19NO4S/c1-16-7-11-18(12-8-16)23-21(24)15-28(25,26)22(23)17-9-13-20(14-10-17)27-19-5-3-2-4-6-19/h2-14,22H,15H2,1H3. The van der Waals surface area contributed by atoms with E-state index in [-0.39, 0.29) is 0 Å². The number of hydrogen-bond acceptors (Lipinski definition) is 4. The molecule has 1 unspecified atom stereocenters. The molecule has 6 heteroatoms. The topological polar surface area (TPSA) is 63.7 Å². The summed E-state index contributed by atoms with van der Waals surface area (Å²) >= 11 is 0. The number of aryl methyl sites for hydroxylation is 1. The SMILES string of the molecule is Cc1ccc(N2C(=O)CS(=O)(=O)C2c2ccc(Oc3ccccc3)cc2)cc1. The number of anilines is 1. The number of carbonyl (C=O) groups is 1. The molecule has 4 rings (SSSR count). The molecule has 3 aromatic rings. The average Bonchev–Trinajstić information content (AvgIpc) is 2.92. The Hall–Kier alpha value is -3.12. The zero-order valence-corrected chi connectivity index (χ0v) is 16.1. The first kappa shape index (κ1) is 18.3. The minimum Gasteiger partial charge on any atom is -0.457 e. The van der Waals surface area contributed by atoms with Crippen LogP contribution in [0.3, 0.4) is 0 Å². The number of para-hydroxylation sites is 1. The largest absolute Gasteiger partial charge is 0.457 e. The number of benzene rings is 3. The van der Waals surface area contributed by atoms with Crippen LogP contribution in [0.1, 0.15) is 16.5 Å². The van der Waals surface area contributed by atoms with Crippen LogP contribution < -0.4 is 9.64 Å². The summed E-state index contributed by atoms with van der Waals surface area (Å²) in [6.07, 6.45) is 0. The highest BCUT2D eigenvalue weighted by molar-refractivity contribution is 7.93. The Bertz CT molecular complexity index is 1090. The molecule has 0 aliphatic carbocycles. The first-order valence-corrected chi connectivity index (χ1v) is 10.6. The van der Waals surface area contributed by atoms with Crippen molar-refractivity contribution in [2.24, 2.45) is 0 Å². The van der Waals surface area contributed by atoms with E-state index >= 15 is 0 Å². The Morgan fingerprint density at radius 2 is 1.46 bits per heavy atom. The zero-order valence-electron chi connectivity index (χ0n) is 15.3. The van der Waals surface area contributed by atoms with Crippen LogP contribution in [0.5, 0.6) is 11.5 Å². The summed E-state index contributed by atoms with van der Waals surface area (Å²) in [5.74, 6) is 0.380. The molecule has 0 aromatic heterocycles. The van der Waals surface area contributed by atoms with E-state index in [9.17, 15) is 13.2 Å². The van der Waals surface area contributed by atoms with Crippen molar-refractivity contribution < 1.29 is 17.9 Å². The van der Waals surface area contributed by atoms with E-state index in [2.05, 4.69) is 0 Å².